The summed E-state index contributed by atoms with van der Waals surface area (Å²) in [5.74, 6) is -1.39. The maximum absolute atomic E-state index is 11.7. The number of carboxylic acid groups (broad SMARTS) is 1. The number of nitrogens with two attached hydrogens (primary N) is 1. The Morgan fingerprint density at radius 1 is 1.67 bits per heavy atom. The summed E-state index contributed by atoms with van der Waals surface area (Å²) in [6.45, 7) is 0. The molecule has 0 aliphatic rings. The molecule has 3 N–H and O–H groups in total. The number of carboxylic acids is 1. The molecule has 0 bridgehead atoms. The van der Waals surface area contributed by atoms with Crippen LogP contribution in [0.2, 0.25) is 0 Å². The summed E-state index contributed by atoms with van der Waals surface area (Å²) in [6, 6.07) is 0. The molecule has 0 fully saturated rings. The Kier molecular flexibility index (Phi) is 3.89. The predicted octanol–water partition coefficient (Wildman–Crippen LogP) is 0.250. The van der Waals surface area contributed by atoms with Crippen LogP contribution in [0.4, 0.5) is 8.78 Å². The topological polar surface area (TPSA) is 75.7 Å². The summed E-state index contributed by atoms with van der Waals surface area (Å²) in [6.07, 6.45) is -2.23. The molecule has 0 unspecified atom stereocenters. The average Bonchev–Trinajstić information content (AvgIpc) is 1.98. The number of rotatable bonds is 3. The highest BCUT2D eigenvalue weighted by atomic mass is 19.3. The van der Waals surface area contributed by atoms with E-state index >= 15 is 0 Å². The zero-order chi connectivity index (χ0) is 9.72. The van der Waals surface area contributed by atoms with Gasteiger partial charge in [-0.25, -0.2) is 13.6 Å². The van der Waals surface area contributed by atoms with Crippen molar-refractivity contribution >= 4 is 11.7 Å². The van der Waals surface area contributed by atoms with E-state index in [2.05, 4.69) is 4.99 Å². The highest BCUT2D eigenvalue weighted by Gasteiger charge is 2.10. The summed E-state index contributed by atoms with van der Waals surface area (Å²) in [5, 5.41) is 8.33. The van der Waals surface area contributed by atoms with Gasteiger partial charge in [0, 0.05) is 7.05 Å². The van der Waals surface area contributed by atoms with Gasteiger partial charge in [0.25, 0.3) is 6.43 Å². The summed E-state index contributed by atoms with van der Waals surface area (Å²) in [5.41, 5.74) is 3.50. The summed E-state index contributed by atoms with van der Waals surface area (Å²) in [7, 11) is 1.18. The molecule has 4 nitrogen and oxygen atoms in total. The van der Waals surface area contributed by atoms with Gasteiger partial charge in [0.1, 0.15) is 5.71 Å². The van der Waals surface area contributed by atoms with Crippen LogP contribution in [0.25, 0.3) is 0 Å². The number of alkyl halides is 2. The quantitative estimate of drug-likeness (QED) is 0.608. The first-order chi connectivity index (χ1) is 5.49. The van der Waals surface area contributed by atoms with Crippen molar-refractivity contribution < 1.29 is 18.7 Å². The third-order valence-electron chi connectivity index (χ3n) is 1.02. The Morgan fingerprint density at radius 2 is 2.17 bits per heavy atom. The summed E-state index contributed by atoms with van der Waals surface area (Å²) < 4.78 is 23.5. The third-order valence-corrected chi connectivity index (χ3v) is 1.02. The minimum atomic E-state index is -2.86. The van der Waals surface area contributed by atoms with E-state index in [4.69, 9.17) is 10.8 Å². The van der Waals surface area contributed by atoms with Crippen LogP contribution in [0.3, 0.4) is 0 Å². The van der Waals surface area contributed by atoms with Gasteiger partial charge in [-0.05, 0) is 6.08 Å². The van der Waals surface area contributed by atoms with Crippen molar-refractivity contribution in [2.75, 3.05) is 7.05 Å². The predicted molar refractivity (Wildman–Crippen MR) is 39.3 cm³/mol. The zero-order valence-electron chi connectivity index (χ0n) is 6.29. The maximum Gasteiger partial charge on any atom is 0.354 e. The summed E-state index contributed by atoms with van der Waals surface area (Å²) in [4.78, 5) is 13.5. The molecule has 6 heteroatoms. The van der Waals surface area contributed by atoms with Gasteiger partial charge in [0.15, 0.2) is 0 Å². The molecule has 0 aliphatic heterocycles. The van der Waals surface area contributed by atoms with Crippen LogP contribution >= 0.6 is 0 Å². The standard InChI is InChI=1S/C6H8F2N2O2/c1-10-4(6(11)12)2-3(9)5(7)8/h2,5H,9H2,1H3,(H,11,12)/b3-2-,10-4?. The lowest BCUT2D eigenvalue weighted by Gasteiger charge is -1.97. The average molecular weight is 178 g/mol. The van der Waals surface area contributed by atoms with Crippen molar-refractivity contribution in [3.63, 3.8) is 0 Å². The number of carbonyl (C=O) groups is 1. The van der Waals surface area contributed by atoms with Crippen LogP contribution in [-0.2, 0) is 4.79 Å². The fourth-order valence-electron chi connectivity index (χ4n) is 0.443. The van der Waals surface area contributed by atoms with Crippen LogP contribution in [0.1, 0.15) is 0 Å². The molecule has 0 aromatic carbocycles. The SMILES string of the molecule is CN=C(/C=C(\N)C(F)F)C(=O)O. The monoisotopic (exact) mass is 178 g/mol. The molecule has 0 amide bonds. The first-order valence-electron chi connectivity index (χ1n) is 2.94. The number of aliphatic carboxylic acids is 1. The van der Waals surface area contributed by atoms with Crippen molar-refractivity contribution in [3.05, 3.63) is 11.8 Å². The normalized spacial score (nSPS) is 13.7. The third kappa shape index (κ3) is 3.09. The molecule has 0 rings (SSSR count). The highest BCUT2D eigenvalue weighted by Crippen LogP contribution is 2.01. The van der Waals surface area contributed by atoms with E-state index < -0.39 is 23.8 Å². The molecule has 0 heterocycles. The second kappa shape index (κ2) is 4.42. The Morgan fingerprint density at radius 3 is 2.42 bits per heavy atom. The molecule has 0 aromatic heterocycles. The molecule has 12 heavy (non-hydrogen) atoms. The van der Waals surface area contributed by atoms with Crippen LogP contribution in [0.15, 0.2) is 16.8 Å². The molecule has 0 saturated heterocycles. The van der Waals surface area contributed by atoms with Gasteiger partial charge in [-0.2, -0.15) is 0 Å². The summed E-state index contributed by atoms with van der Waals surface area (Å²) >= 11 is 0. The highest BCUT2D eigenvalue weighted by molar-refractivity contribution is 6.40. The van der Waals surface area contributed by atoms with E-state index in [1.165, 1.54) is 7.05 Å². The lowest BCUT2D eigenvalue weighted by molar-refractivity contribution is -0.129. The number of halogens is 2. The smallest absolute Gasteiger partial charge is 0.354 e. The van der Waals surface area contributed by atoms with Crippen LogP contribution in [0.5, 0.6) is 0 Å². The second-order valence-corrected chi connectivity index (χ2v) is 1.86. The van der Waals surface area contributed by atoms with Crippen LogP contribution in [0, 0.1) is 0 Å². The fourth-order valence-corrected chi connectivity index (χ4v) is 0.443. The van der Waals surface area contributed by atoms with E-state index in [0.29, 0.717) is 6.08 Å². The molecule has 68 valence electrons. The Balaban J connectivity index is 4.60. The maximum atomic E-state index is 11.7. The van der Waals surface area contributed by atoms with Crippen LogP contribution in [-0.4, -0.2) is 30.3 Å². The van der Waals surface area contributed by atoms with Crippen molar-refractivity contribution in [2.45, 2.75) is 6.43 Å². The molecule has 0 radical (unpaired) electrons. The van der Waals surface area contributed by atoms with Gasteiger partial charge in [0.2, 0.25) is 0 Å². The molecular weight excluding hydrogens is 170 g/mol. The van der Waals surface area contributed by atoms with Gasteiger partial charge < -0.3 is 10.8 Å². The minimum absolute atomic E-state index is 0.493. The van der Waals surface area contributed by atoms with E-state index in [9.17, 15) is 13.6 Å². The number of nitrogens with zero attached hydrogens (tertiary/aromatic N) is 1. The number of allylic oxidation sites excluding steroid dienone is 1. The first-order valence-corrected chi connectivity index (χ1v) is 2.94. The Hall–Kier alpha value is -1.46. The molecule has 0 aliphatic carbocycles. The Bertz CT molecular complexity index is 236. The zero-order valence-corrected chi connectivity index (χ0v) is 6.29. The second-order valence-electron chi connectivity index (χ2n) is 1.86. The number of hydrogen-bond acceptors (Lipinski definition) is 3. The van der Waals surface area contributed by atoms with Crippen molar-refractivity contribution in [3.8, 4) is 0 Å². The fraction of sp³-hybridized carbons (Fsp3) is 0.333. The minimum Gasteiger partial charge on any atom is -0.477 e. The van der Waals surface area contributed by atoms with E-state index in [-0.39, 0.29) is 0 Å². The van der Waals surface area contributed by atoms with E-state index in [1.807, 2.05) is 0 Å². The van der Waals surface area contributed by atoms with Gasteiger partial charge in [0.05, 0.1) is 5.70 Å². The lowest BCUT2D eigenvalue weighted by Crippen LogP contribution is -2.16. The number of aliphatic imine (C=N–C) groups is 1. The van der Waals surface area contributed by atoms with Gasteiger partial charge >= 0.3 is 5.97 Å². The Labute approximate surface area is 67.4 Å². The molecule has 0 atom stereocenters. The van der Waals surface area contributed by atoms with E-state index in [0.717, 1.165) is 0 Å². The van der Waals surface area contributed by atoms with Crippen molar-refractivity contribution in [2.24, 2.45) is 10.7 Å². The molecule has 0 saturated carbocycles. The van der Waals surface area contributed by atoms with Gasteiger partial charge in [-0.15, -0.1) is 0 Å². The largest absolute Gasteiger partial charge is 0.477 e. The first kappa shape index (κ1) is 10.5. The van der Waals surface area contributed by atoms with Crippen molar-refractivity contribution in [1.82, 2.24) is 0 Å². The van der Waals surface area contributed by atoms with Gasteiger partial charge in [-0.3, -0.25) is 4.99 Å². The molecule has 0 aromatic rings. The van der Waals surface area contributed by atoms with Gasteiger partial charge in [-0.1, -0.05) is 0 Å². The van der Waals surface area contributed by atoms with Crippen molar-refractivity contribution in [1.29, 1.82) is 0 Å². The molecule has 0 spiro atoms. The van der Waals surface area contributed by atoms with Crippen LogP contribution < -0.4 is 5.73 Å². The molecular formula is C6H8F2N2O2. The number of hydrogen-bond donors (Lipinski definition) is 2. The van der Waals surface area contributed by atoms with E-state index in [1.54, 1.807) is 0 Å². The lowest BCUT2D eigenvalue weighted by atomic mass is 10.3.